The van der Waals surface area contributed by atoms with Crippen LogP contribution in [0.15, 0.2) is 24.3 Å². The van der Waals surface area contributed by atoms with Crippen molar-refractivity contribution in [2.45, 2.75) is 25.7 Å². The van der Waals surface area contributed by atoms with E-state index >= 15 is 0 Å². The number of benzene rings is 1. The van der Waals surface area contributed by atoms with E-state index in [4.69, 9.17) is 0 Å². The van der Waals surface area contributed by atoms with Crippen molar-refractivity contribution in [2.24, 2.45) is 0 Å². The second kappa shape index (κ2) is 5.65. The SMILES string of the molecule is Cc1[nH]c(C2CCCNC2)nc1-c1cccc([N+](=O)[O-])c1. The molecule has 1 aromatic heterocycles. The Morgan fingerprint density at radius 1 is 1.43 bits per heavy atom. The molecule has 1 saturated heterocycles. The second-order valence-corrected chi connectivity index (χ2v) is 5.45. The number of imidazole rings is 1. The molecule has 6 nitrogen and oxygen atoms in total. The summed E-state index contributed by atoms with van der Waals surface area (Å²) < 4.78 is 0. The number of aromatic nitrogens is 2. The summed E-state index contributed by atoms with van der Waals surface area (Å²) in [4.78, 5) is 18.5. The van der Waals surface area contributed by atoms with E-state index in [0.29, 0.717) is 5.92 Å². The number of hydrogen-bond donors (Lipinski definition) is 2. The fourth-order valence-electron chi connectivity index (χ4n) is 2.81. The van der Waals surface area contributed by atoms with Crippen molar-refractivity contribution in [1.29, 1.82) is 0 Å². The molecule has 2 aromatic rings. The maximum atomic E-state index is 10.9. The lowest BCUT2D eigenvalue weighted by atomic mass is 9.99. The van der Waals surface area contributed by atoms with Crippen molar-refractivity contribution in [3.05, 3.63) is 45.9 Å². The Labute approximate surface area is 122 Å². The number of rotatable bonds is 3. The minimum atomic E-state index is -0.378. The van der Waals surface area contributed by atoms with E-state index in [0.717, 1.165) is 48.7 Å². The molecule has 1 fully saturated rings. The lowest BCUT2D eigenvalue weighted by molar-refractivity contribution is -0.384. The first kappa shape index (κ1) is 13.8. The van der Waals surface area contributed by atoms with Crippen molar-refractivity contribution in [3.8, 4) is 11.3 Å². The van der Waals surface area contributed by atoms with E-state index in [1.54, 1.807) is 12.1 Å². The largest absolute Gasteiger partial charge is 0.345 e. The molecule has 2 heterocycles. The molecule has 0 aliphatic carbocycles. The van der Waals surface area contributed by atoms with E-state index in [1.165, 1.54) is 6.07 Å². The van der Waals surface area contributed by atoms with Gasteiger partial charge in [0.15, 0.2) is 0 Å². The third-order valence-electron chi connectivity index (χ3n) is 3.92. The van der Waals surface area contributed by atoms with Gasteiger partial charge in [0.2, 0.25) is 0 Å². The summed E-state index contributed by atoms with van der Waals surface area (Å²) in [5.41, 5.74) is 2.64. The number of piperidine rings is 1. The standard InChI is InChI=1S/C15H18N4O2/c1-10-14(11-4-2-6-13(8-11)19(20)21)18-15(17-10)12-5-3-7-16-9-12/h2,4,6,8,12,16H,3,5,7,9H2,1H3,(H,17,18). The predicted molar refractivity (Wildman–Crippen MR) is 80.3 cm³/mol. The highest BCUT2D eigenvalue weighted by molar-refractivity contribution is 5.64. The van der Waals surface area contributed by atoms with Crippen molar-refractivity contribution < 1.29 is 4.92 Å². The molecule has 0 radical (unpaired) electrons. The molecular formula is C15H18N4O2. The van der Waals surface area contributed by atoms with Gasteiger partial charge in [-0.15, -0.1) is 0 Å². The fraction of sp³-hybridized carbons (Fsp3) is 0.400. The van der Waals surface area contributed by atoms with Crippen molar-refractivity contribution in [3.63, 3.8) is 0 Å². The highest BCUT2D eigenvalue weighted by atomic mass is 16.6. The predicted octanol–water partition coefficient (Wildman–Crippen LogP) is 2.76. The van der Waals surface area contributed by atoms with Crippen LogP contribution in [0.4, 0.5) is 5.69 Å². The molecule has 0 saturated carbocycles. The summed E-state index contributed by atoms with van der Waals surface area (Å²) in [6.07, 6.45) is 2.27. The minimum absolute atomic E-state index is 0.0933. The van der Waals surface area contributed by atoms with Gasteiger partial charge in [-0.2, -0.15) is 0 Å². The van der Waals surface area contributed by atoms with Crippen LogP contribution in [0.5, 0.6) is 0 Å². The third kappa shape index (κ3) is 2.80. The number of nitro groups is 1. The number of aryl methyl sites for hydroxylation is 1. The number of H-pyrrole nitrogens is 1. The van der Waals surface area contributed by atoms with Crippen LogP contribution < -0.4 is 5.32 Å². The average molecular weight is 286 g/mol. The maximum Gasteiger partial charge on any atom is 0.270 e. The Hall–Kier alpha value is -2.21. The molecule has 21 heavy (non-hydrogen) atoms. The van der Waals surface area contributed by atoms with E-state index in [-0.39, 0.29) is 10.6 Å². The Balaban J connectivity index is 1.93. The second-order valence-electron chi connectivity index (χ2n) is 5.45. The zero-order valence-corrected chi connectivity index (χ0v) is 11.9. The van der Waals surface area contributed by atoms with Crippen LogP contribution in [0, 0.1) is 17.0 Å². The van der Waals surface area contributed by atoms with Gasteiger partial charge in [-0.1, -0.05) is 12.1 Å². The van der Waals surface area contributed by atoms with E-state index in [2.05, 4.69) is 15.3 Å². The van der Waals surface area contributed by atoms with E-state index < -0.39 is 0 Å². The summed E-state index contributed by atoms with van der Waals surface area (Å²) in [6.45, 7) is 3.95. The number of nitrogens with zero attached hydrogens (tertiary/aromatic N) is 2. The number of hydrogen-bond acceptors (Lipinski definition) is 4. The zero-order valence-electron chi connectivity index (χ0n) is 11.9. The first-order valence-electron chi connectivity index (χ1n) is 7.17. The number of non-ortho nitro benzene ring substituents is 1. The van der Waals surface area contributed by atoms with Crippen LogP contribution >= 0.6 is 0 Å². The van der Waals surface area contributed by atoms with Crippen LogP contribution in [0.3, 0.4) is 0 Å². The summed E-state index contributed by atoms with van der Waals surface area (Å²) in [5.74, 6) is 1.37. The van der Waals surface area contributed by atoms with Crippen molar-refractivity contribution >= 4 is 5.69 Å². The maximum absolute atomic E-state index is 10.9. The van der Waals surface area contributed by atoms with Gasteiger partial charge < -0.3 is 10.3 Å². The molecule has 110 valence electrons. The molecule has 0 amide bonds. The minimum Gasteiger partial charge on any atom is -0.345 e. The van der Waals surface area contributed by atoms with Gasteiger partial charge in [-0.25, -0.2) is 4.98 Å². The Bertz CT molecular complexity index is 659. The monoisotopic (exact) mass is 286 g/mol. The highest BCUT2D eigenvalue weighted by Gasteiger charge is 2.20. The third-order valence-corrected chi connectivity index (χ3v) is 3.92. The summed E-state index contributed by atoms with van der Waals surface area (Å²) in [6, 6.07) is 6.63. The molecule has 1 aliphatic heterocycles. The smallest absolute Gasteiger partial charge is 0.270 e. The summed E-state index contributed by atoms with van der Waals surface area (Å²) in [5, 5.41) is 14.3. The summed E-state index contributed by atoms with van der Waals surface area (Å²) in [7, 11) is 0. The molecular weight excluding hydrogens is 268 g/mol. The fourth-order valence-corrected chi connectivity index (χ4v) is 2.81. The van der Waals surface area contributed by atoms with E-state index in [9.17, 15) is 10.1 Å². The quantitative estimate of drug-likeness (QED) is 0.671. The zero-order chi connectivity index (χ0) is 14.8. The highest BCUT2D eigenvalue weighted by Crippen LogP contribution is 2.28. The van der Waals surface area contributed by atoms with Crippen LogP contribution in [0.2, 0.25) is 0 Å². The average Bonchev–Trinajstić information content (AvgIpc) is 2.90. The van der Waals surface area contributed by atoms with Gasteiger partial charge in [0.25, 0.3) is 5.69 Å². The first-order chi connectivity index (χ1) is 10.1. The van der Waals surface area contributed by atoms with Gasteiger partial charge in [0.1, 0.15) is 5.82 Å². The normalized spacial score (nSPS) is 18.6. The Morgan fingerprint density at radius 2 is 2.29 bits per heavy atom. The lowest BCUT2D eigenvalue weighted by Crippen LogP contribution is -2.28. The number of nitrogens with one attached hydrogen (secondary N) is 2. The van der Waals surface area contributed by atoms with E-state index in [1.807, 2.05) is 13.0 Å². The van der Waals surface area contributed by atoms with Gasteiger partial charge >= 0.3 is 0 Å². The Morgan fingerprint density at radius 3 is 3.00 bits per heavy atom. The van der Waals surface area contributed by atoms with Gasteiger partial charge in [-0.3, -0.25) is 10.1 Å². The number of nitro benzene ring substituents is 1. The molecule has 1 atom stereocenters. The van der Waals surface area contributed by atoms with Gasteiger partial charge in [-0.05, 0) is 26.3 Å². The van der Waals surface area contributed by atoms with Gasteiger partial charge in [0.05, 0.1) is 10.6 Å². The van der Waals surface area contributed by atoms with Crippen LogP contribution in [-0.4, -0.2) is 28.0 Å². The van der Waals surface area contributed by atoms with Crippen molar-refractivity contribution in [2.75, 3.05) is 13.1 Å². The van der Waals surface area contributed by atoms with Gasteiger partial charge in [0, 0.05) is 35.9 Å². The van der Waals surface area contributed by atoms with Crippen molar-refractivity contribution in [1.82, 2.24) is 15.3 Å². The topological polar surface area (TPSA) is 83.8 Å². The molecule has 6 heteroatoms. The summed E-state index contributed by atoms with van der Waals surface area (Å²) >= 11 is 0. The molecule has 3 rings (SSSR count). The van der Waals surface area contributed by atoms with Crippen LogP contribution in [0.25, 0.3) is 11.3 Å². The molecule has 2 N–H and O–H groups in total. The van der Waals surface area contributed by atoms with Crippen LogP contribution in [0.1, 0.15) is 30.3 Å². The molecule has 1 aliphatic rings. The molecule has 1 aromatic carbocycles. The lowest BCUT2D eigenvalue weighted by Gasteiger charge is -2.20. The number of aromatic amines is 1. The first-order valence-corrected chi connectivity index (χ1v) is 7.17. The molecule has 1 unspecified atom stereocenters. The van der Waals surface area contributed by atoms with Crippen LogP contribution in [-0.2, 0) is 0 Å². The molecule has 0 spiro atoms. The Kier molecular flexibility index (Phi) is 3.70. The molecule has 0 bridgehead atoms.